The summed E-state index contributed by atoms with van der Waals surface area (Å²) in [6.07, 6.45) is 0. The maximum atomic E-state index is 9.94. The van der Waals surface area contributed by atoms with Gasteiger partial charge in [-0.1, -0.05) is 18.2 Å². The van der Waals surface area contributed by atoms with Crippen LogP contribution < -0.4 is 0 Å². The van der Waals surface area contributed by atoms with E-state index in [1.54, 1.807) is 34.7 Å². The van der Waals surface area contributed by atoms with E-state index in [4.69, 9.17) is 0 Å². The molecule has 0 saturated heterocycles. The molecule has 3 rings (SSSR count). The summed E-state index contributed by atoms with van der Waals surface area (Å²) in [5.41, 5.74) is 1.51. The van der Waals surface area contributed by atoms with Crippen LogP contribution in [0.3, 0.4) is 0 Å². The first-order valence-corrected chi connectivity index (χ1v) is 6.11. The highest BCUT2D eigenvalue weighted by Crippen LogP contribution is 2.30. The van der Waals surface area contributed by atoms with Crippen LogP contribution in [0, 0.1) is 0 Å². The number of rotatable bonds is 1. The molecule has 0 atom stereocenters. The van der Waals surface area contributed by atoms with E-state index in [0.717, 1.165) is 11.1 Å². The van der Waals surface area contributed by atoms with E-state index in [2.05, 4.69) is 20.9 Å². The van der Waals surface area contributed by atoms with Crippen LogP contribution in [0.5, 0.6) is 11.6 Å². The third-order valence-electron chi connectivity index (χ3n) is 2.70. The van der Waals surface area contributed by atoms with Gasteiger partial charge in [-0.25, -0.2) is 4.98 Å². The molecular weight excluding hydrogens is 296 g/mol. The largest absolute Gasteiger partial charge is 0.508 e. The maximum Gasteiger partial charge on any atom is 0.197 e. The quantitative estimate of drug-likeness (QED) is 0.726. The molecule has 0 bridgehead atoms. The number of aromatic hydroxyl groups is 2. The maximum absolute atomic E-state index is 9.94. The van der Waals surface area contributed by atoms with Gasteiger partial charge in [0.15, 0.2) is 5.88 Å². The second-order valence-corrected chi connectivity index (χ2v) is 4.63. The zero-order valence-electron chi connectivity index (χ0n) is 9.21. The van der Waals surface area contributed by atoms with Gasteiger partial charge in [0, 0.05) is 5.56 Å². The van der Waals surface area contributed by atoms with Gasteiger partial charge in [0.25, 0.3) is 0 Å². The van der Waals surface area contributed by atoms with Crippen LogP contribution in [-0.4, -0.2) is 19.6 Å². The van der Waals surface area contributed by atoms with Gasteiger partial charge in [-0.2, -0.15) is 0 Å². The number of nitrogens with zero attached hydrogens (tertiary/aromatic N) is 2. The molecule has 18 heavy (non-hydrogen) atoms. The number of aromatic nitrogens is 2. The van der Waals surface area contributed by atoms with Crippen molar-refractivity contribution in [2.45, 2.75) is 0 Å². The van der Waals surface area contributed by atoms with Crippen LogP contribution in [0.1, 0.15) is 0 Å². The van der Waals surface area contributed by atoms with E-state index in [-0.39, 0.29) is 11.6 Å². The number of hydrogen-bond donors (Lipinski definition) is 2. The Morgan fingerprint density at radius 3 is 2.61 bits per heavy atom. The first-order valence-electron chi connectivity index (χ1n) is 5.32. The van der Waals surface area contributed by atoms with Crippen molar-refractivity contribution in [1.29, 1.82) is 0 Å². The standard InChI is InChI=1S/C13H9BrN2O2/c14-12-10-5-2-6-11(18)16(10)13(15-12)8-3-1-4-9(17)7-8/h1-7,17-18H. The molecule has 1 aromatic carbocycles. The topological polar surface area (TPSA) is 57.8 Å². The highest BCUT2D eigenvalue weighted by molar-refractivity contribution is 9.10. The predicted molar refractivity (Wildman–Crippen MR) is 71.7 cm³/mol. The molecule has 2 N–H and O–H groups in total. The Morgan fingerprint density at radius 2 is 1.83 bits per heavy atom. The lowest BCUT2D eigenvalue weighted by molar-refractivity contribution is 0.446. The van der Waals surface area contributed by atoms with Gasteiger partial charge in [0.1, 0.15) is 16.2 Å². The van der Waals surface area contributed by atoms with Gasteiger partial charge in [-0.05, 0) is 40.2 Å². The Labute approximate surface area is 111 Å². The van der Waals surface area contributed by atoms with Crippen molar-refractivity contribution in [3.05, 3.63) is 47.1 Å². The van der Waals surface area contributed by atoms with Crippen LogP contribution >= 0.6 is 15.9 Å². The van der Waals surface area contributed by atoms with Crippen molar-refractivity contribution in [3.63, 3.8) is 0 Å². The first kappa shape index (κ1) is 11.1. The zero-order chi connectivity index (χ0) is 12.7. The SMILES string of the molecule is Oc1cccc(-c2nc(Br)c3cccc(O)n23)c1. The molecule has 0 spiro atoms. The zero-order valence-corrected chi connectivity index (χ0v) is 10.8. The Hall–Kier alpha value is -2.01. The number of halogens is 1. The monoisotopic (exact) mass is 304 g/mol. The van der Waals surface area contributed by atoms with Crippen LogP contribution in [-0.2, 0) is 0 Å². The van der Waals surface area contributed by atoms with Crippen molar-refractivity contribution in [2.75, 3.05) is 0 Å². The van der Waals surface area contributed by atoms with Gasteiger partial charge in [-0.3, -0.25) is 4.40 Å². The molecule has 90 valence electrons. The van der Waals surface area contributed by atoms with Crippen LogP contribution in [0.25, 0.3) is 16.9 Å². The molecule has 0 fully saturated rings. The highest BCUT2D eigenvalue weighted by atomic mass is 79.9. The van der Waals surface area contributed by atoms with Gasteiger partial charge in [-0.15, -0.1) is 0 Å². The molecule has 2 aromatic heterocycles. The number of phenols is 1. The molecule has 0 aliphatic carbocycles. The smallest absolute Gasteiger partial charge is 0.197 e. The molecule has 4 nitrogen and oxygen atoms in total. The minimum Gasteiger partial charge on any atom is -0.508 e. The van der Waals surface area contributed by atoms with Crippen LogP contribution in [0.15, 0.2) is 47.1 Å². The van der Waals surface area contributed by atoms with E-state index < -0.39 is 0 Å². The summed E-state index contributed by atoms with van der Waals surface area (Å²) in [4.78, 5) is 4.37. The van der Waals surface area contributed by atoms with Crippen molar-refractivity contribution >= 4 is 21.4 Å². The normalized spacial score (nSPS) is 10.9. The minimum atomic E-state index is 0.101. The molecule has 0 radical (unpaired) electrons. The van der Waals surface area contributed by atoms with Gasteiger partial charge in [0.2, 0.25) is 0 Å². The summed E-state index contributed by atoms with van der Waals surface area (Å²) in [6.45, 7) is 0. The van der Waals surface area contributed by atoms with E-state index in [0.29, 0.717) is 10.4 Å². The fraction of sp³-hybridized carbons (Fsp3) is 0. The average Bonchev–Trinajstić information content (AvgIpc) is 2.69. The lowest BCUT2D eigenvalue weighted by atomic mass is 10.2. The van der Waals surface area contributed by atoms with E-state index >= 15 is 0 Å². The second kappa shape index (κ2) is 4.03. The van der Waals surface area contributed by atoms with Crippen molar-refractivity contribution in [3.8, 4) is 23.0 Å². The van der Waals surface area contributed by atoms with Crippen molar-refractivity contribution in [1.82, 2.24) is 9.38 Å². The van der Waals surface area contributed by atoms with E-state index in [1.165, 1.54) is 0 Å². The number of pyridine rings is 1. The fourth-order valence-electron chi connectivity index (χ4n) is 1.92. The van der Waals surface area contributed by atoms with Crippen molar-refractivity contribution in [2.24, 2.45) is 0 Å². The summed E-state index contributed by atoms with van der Waals surface area (Å²) in [5, 5.41) is 19.4. The first-order chi connectivity index (χ1) is 8.66. The summed E-state index contributed by atoms with van der Waals surface area (Å²) in [6, 6.07) is 12.0. The molecule has 3 aromatic rings. The lowest BCUT2D eigenvalue weighted by Crippen LogP contribution is -1.89. The summed E-state index contributed by atoms with van der Waals surface area (Å²) in [7, 11) is 0. The summed E-state index contributed by atoms with van der Waals surface area (Å²) < 4.78 is 2.27. The van der Waals surface area contributed by atoms with E-state index in [1.807, 2.05) is 12.1 Å². The molecule has 0 aliphatic rings. The molecular formula is C13H9BrN2O2. The third kappa shape index (κ3) is 1.64. The Bertz CT molecular complexity index is 737. The average molecular weight is 305 g/mol. The lowest BCUT2D eigenvalue weighted by Gasteiger charge is -2.03. The van der Waals surface area contributed by atoms with Crippen LogP contribution in [0.2, 0.25) is 0 Å². The Kier molecular flexibility index (Phi) is 2.48. The van der Waals surface area contributed by atoms with Gasteiger partial charge < -0.3 is 10.2 Å². The molecule has 0 unspecified atom stereocenters. The fourth-order valence-corrected chi connectivity index (χ4v) is 2.40. The number of hydrogen-bond acceptors (Lipinski definition) is 3. The van der Waals surface area contributed by atoms with Crippen LogP contribution in [0.4, 0.5) is 0 Å². The van der Waals surface area contributed by atoms with E-state index in [9.17, 15) is 10.2 Å². The minimum absolute atomic E-state index is 0.101. The molecule has 0 saturated carbocycles. The van der Waals surface area contributed by atoms with Gasteiger partial charge in [0.05, 0.1) is 5.52 Å². The molecule has 2 heterocycles. The predicted octanol–water partition coefficient (Wildman–Crippen LogP) is 3.18. The number of fused-ring (bicyclic) bond motifs is 1. The molecule has 5 heteroatoms. The van der Waals surface area contributed by atoms with Gasteiger partial charge >= 0.3 is 0 Å². The number of benzene rings is 1. The summed E-state index contributed by atoms with van der Waals surface area (Å²) in [5.74, 6) is 0.839. The summed E-state index contributed by atoms with van der Waals surface area (Å²) >= 11 is 3.36. The Balaban J connectivity index is 2.36. The second-order valence-electron chi connectivity index (χ2n) is 3.88. The third-order valence-corrected chi connectivity index (χ3v) is 3.28. The number of phenolic OH excluding ortho intramolecular Hbond substituents is 1. The highest BCUT2D eigenvalue weighted by Gasteiger charge is 2.13. The molecule has 0 amide bonds. The molecule has 0 aliphatic heterocycles. The van der Waals surface area contributed by atoms with Crippen molar-refractivity contribution < 1.29 is 10.2 Å². The Morgan fingerprint density at radius 1 is 1.06 bits per heavy atom. The number of imidazole rings is 1.